The third kappa shape index (κ3) is 3.59. The zero-order valence-corrected chi connectivity index (χ0v) is 18.2. The van der Waals surface area contributed by atoms with Gasteiger partial charge in [-0.25, -0.2) is 0 Å². The lowest BCUT2D eigenvalue weighted by Gasteiger charge is -2.53. The highest BCUT2D eigenvalue weighted by Crippen LogP contribution is 2.45. The van der Waals surface area contributed by atoms with E-state index in [9.17, 15) is 0 Å². The summed E-state index contributed by atoms with van der Waals surface area (Å²) in [6, 6.07) is 17.0. The Balaban J connectivity index is 1.82. The van der Waals surface area contributed by atoms with Crippen molar-refractivity contribution >= 4 is 49.3 Å². The molecule has 4 rings (SSSR count). The second-order valence-corrected chi connectivity index (χ2v) is 8.96. The van der Waals surface area contributed by atoms with E-state index >= 15 is 0 Å². The van der Waals surface area contributed by atoms with Crippen LogP contribution in [-0.2, 0) is 4.74 Å². The monoisotopic (exact) mass is 488 g/mol. The minimum atomic E-state index is -0.154. The average molecular weight is 490 g/mol. The van der Waals surface area contributed by atoms with Crippen LogP contribution < -0.4 is 4.90 Å². The number of anilines is 1. The topological polar surface area (TPSA) is 24.8 Å². The molecule has 2 aliphatic rings. The number of ether oxygens (including phenoxy) is 1. The Morgan fingerprint density at radius 2 is 1.70 bits per heavy atom. The summed E-state index contributed by atoms with van der Waals surface area (Å²) in [7, 11) is 0. The molecule has 2 atom stereocenters. The van der Waals surface area contributed by atoms with Gasteiger partial charge in [-0.3, -0.25) is 4.90 Å². The van der Waals surface area contributed by atoms with Crippen molar-refractivity contribution in [3.63, 3.8) is 0 Å². The average Bonchev–Trinajstić information content (AvgIpc) is 2.70. The van der Waals surface area contributed by atoms with E-state index in [1.165, 1.54) is 12.8 Å². The molecule has 2 aromatic rings. The van der Waals surface area contributed by atoms with E-state index in [0.717, 1.165) is 33.2 Å². The third-order valence-electron chi connectivity index (χ3n) is 5.60. The van der Waals surface area contributed by atoms with Crippen molar-refractivity contribution in [3.8, 4) is 0 Å². The zero-order valence-electron chi connectivity index (χ0n) is 15.1. The van der Waals surface area contributed by atoms with Crippen molar-refractivity contribution in [2.45, 2.75) is 31.2 Å². The highest BCUT2D eigenvalue weighted by Gasteiger charge is 2.49. The molecule has 0 bridgehead atoms. The van der Waals surface area contributed by atoms with Gasteiger partial charge < -0.3 is 4.74 Å². The van der Waals surface area contributed by atoms with Crippen molar-refractivity contribution < 1.29 is 4.74 Å². The van der Waals surface area contributed by atoms with Crippen LogP contribution in [0.3, 0.4) is 0 Å². The Kier molecular flexibility index (Phi) is 5.42. The quantitative estimate of drug-likeness (QED) is 0.440. The largest absolute Gasteiger partial charge is 0.464 e. The van der Waals surface area contributed by atoms with Crippen molar-refractivity contribution in [2.24, 2.45) is 10.9 Å². The fourth-order valence-electron chi connectivity index (χ4n) is 4.20. The molecule has 0 aromatic heterocycles. The van der Waals surface area contributed by atoms with Gasteiger partial charge in [0.15, 0.2) is 0 Å². The predicted molar refractivity (Wildman–Crippen MR) is 119 cm³/mol. The second-order valence-electron chi connectivity index (χ2n) is 7.13. The van der Waals surface area contributed by atoms with Gasteiger partial charge in [-0.2, -0.15) is 4.99 Å². The number of hydrogen-bond donors (Lipinski definition) is 0. The molecule has 1 saturated heterocycles. The summed E-state index contributed by atoms with van der Waals surface area (Å²) >= 11 is 7.02. The number of halogens is 2. The number of benzene rings is 2. The summed E-state index contributed by atoms with van der Waals surface area (Å²) in [6.45, 7) is 4.93. The van der Waals surface area contributed by atoms with Gasteiger partial charge in [0, 0.05) is 20.6 Å². The van der Waals surface area contributed by atoms with E-state index in [0.29, 0.717) is 18.5 Å². The lowest BCUT2D eigenvalue weighted by atomic mass is 9.71. The lowest BCUT2D eigenvalue weighted by molar-refractivity contribution is 0.106. The van der Waals surface area contributed by atoms with Crippen molar-refractivity contribution in [2.75, 3.05) is 11.5 Å². The van der Waals surface area contributed by atoms with E-state index in [1.807, 2.05) is 24.3 Å². The number of nitrogens with zero attached hydrogens (tertiary/aromatic N) is 2. The summed E-state index contributed by atoms with van der Waals surface area (Å²) in [5.41, 5.74) is 1.81. The summed E-state index contributed by atoms with van der Waals surface area (Å²) in [5.74, 6) is 0.427. The van der Waals surface area contributed by atoms with Gasteiger partial charge in [-0.15, -0.1) is 6.58 Å². The molecule has 1 aliphatic heterocycles. The molecule has 1 saturated carbocycles. The van der Waals surface area contributed by atoms with Crippen LogP contribution in [-0.4, -0.2) is 18.2 Å². The Bertz CT molecular complexity index is 848. The maximum atomic E-state index is 6.21. The van der Waals surface area contributed by atoms with Gasteiger partial charge in [0.1, 0.15) is 0 Å². The first-order valence-corrected chi connectivity index (χ1v) is 10.9. The first-order chi connectivity index (χ1) is 13.1. The molecule has 140 valence electrons. The Morgan fingerprint density at radius 1 is 1.04 bits per heavy atom. The minimum absolute atomic E-state index is 0.154. The molecule has 0 unspecified atom stereocenters. The standard InChI is InChI=1S/C22H22Br2N2O/c1-2-22-14-4-3-5-16(22)15-27-21(25-19-10-6-17(23)7-11-19)26(22)20-12-8-18(24)9-13-20/h2,6-13,16H,1,3-5,14-15H2/t16-,22-/m0/s1. The van der Waals surface area contributed by atoms with Gasteiger partial charge in [0.05, 0.1) is 17.8 Å². The molecular weight excluding hydrogens is 468 g/mol. The summed E-state index contributed by atoms with van der Waals surface area (Å²) in [4.78, 5) is 7.13. The first kappa shape index (κ1) is 18.8. The molecule has 5 heteroatoms. The normalized spacial score (nSPS) is 26.4. The Hall–Kier alpha value is -1.59. The fourth-order valence-corrected chi connectivity index (χ4v) is 4.73. The van der Waals surface area contributed by atoms with Gasteiger partial charge in [-0.05, 0) is 61.4 Å². The van der Waals surface area contributed by atoms with E-state index in [1.54, 1.807) is 0 Å². The van der Waals surface area contributed by atoms with Gasteiger partial charge in [-0.1, -0.05) is 50.8 Å². The molecule has 0 amide bonds. The molecule has 0 spiro atoms. The van der Waals surface area contributed by atoms with Crippen LogP contribution in [0.1, 0.15) is 25.7 Å². The summed E-state index contributed by atoms with van der Waals surface area (Å²) in [5, 5.41) is 0. The van der Waals surface area contributed by atoms with Gasteiger partial charge in [0.25, 0.3) is 6.02 Å². The second kappa shape index (κ2) is 7.80. The summed E-state index contributed by atoms with van der Waals surface area (Å²) in [6.07, 6.45) is 6.79. The van der Waals surface area contributed by atoms with Crippen molar-refractivity contribution in [1.29, 1.82) is 0 Å². The van der Waals surface area contributed by atoms with Crippen LogP contribution in [0.4, 0.5) is 11.4 Å². The van der Waals surface area contributed by atoms with E-state index < -0.39 is 0 Å². The molecule has 0 radical (unpaired) electrons. The summed E-state index contributed by atoms with van der Waals surface area (Å²) < 4.78 is 8.31. The number of hydrogen-bond acceptors (Lipinski definition) is 2. The highest BCUT2D eigenvalue weighted by atomic mass is 79.9. The van der Waals surface area contributed by atoms with Crippen LogP contribution in [0.5, 0.6) is 0 Å². The van der Waals surface area contributed by atoms with Gasteiger partial charge >= 0.3 is 0 Å². The Morgan fingerprint density at radius 3 is 2.37 bits per heavy atom. The van der Waals surface area contributed by atoms with Gasteiger partial charge in [0.2, 0.25) is 0 Å². The molecule has 27 heavy (non-hydrogen) atoms. The molecule has 3 nitrogen and oxygen atoms in total. The molecule has 0 N–H and O–H groups in total. The maximum Gasteiger partial charge on any atom is 0.298 e. The van der Waals surface area contributed by atoms with Crippen molar-refractivity contribution in [1.82, 2.24) is 0 Å². The van der Waals surface area contributed by atoms with Crippen LogP contribution >= 0.6 is 31.9 Å². The molecular formula is C22H22Br2N2O. The van der Waals surface area contributed by atoms with Crippen LogP contribution in [0.15, 0.2) is 75.1 Å². The van der Waals surface area contributed by atoms with E-state index in [-0.39, 0.29) is 5.54 Å². The highest BCUT2D eigenvalue weighted by molar-refractivity contribution is 9.10. The third-order valence-corrected chi connectivity index (χ3v) is 6.66. The number of amidine groups is 1. The van der Waals surface area contributed by atoms with Crippen molar-refractivity contribution in [3.05, 3.63) is 70.1 Å². The van der Waals surface area contributed by atoms with E-state index in [2.05, 4.69) is 73.7 Å². The number of aliphatic imine (C=N–C) groups is 1. The smallest absolute Gasteiger partial charge is 0.298 e. The first-order valence-electron chi connectivity index (χ1n) is 9.29. The Labute approximate surface area is 177 Å². The fraction of sp³-hybridized carbons (Fsp3) is 0.318. The number of rotatable bonds is 3. The molecule has 1 aliphatic carbocycles. The molecule has 2 aromatic carbocycles. The van der Waals surface area contributed by atoms with Crippen LogP contribution in [0, 0.1) is 5.92 Å². The number of fused-ring (bicyclic) bond motifs is 1. The SMILES string of the molecule is C=C[C@]12CCCC[C@H]1COC(=Nc1ccc(Br)cc1)N2c1ccc(Br)cc1. The molecule has 2 fully saturated rings. The molecule has 1 heterocycles. The van der Waals surface area contributed by atoms with Crippen LogP contribution in [0.2, 0.25) is 0 Å². The maximum absolute atomic E-state index is 6.21. The minimum Gasteiger partial charge on any atom is -0.464 e. The predicted octanol–water partition coefficient (Wildman–Crippen LogP) is 6.85. The lowest BCUT2D eigenvalue weighted by Crippen LogP contribution is -2.62. The van der Waals surface area contributed by atoms with E-state index in [4.69, 9.17) is 9.73 Å². The zero-order chi connectivity index (χ0) is 18.9. The van der Waals surface area contributed by atoms with Crippen LogP contribution in [0.25, 0.3) is 0 Å².